The van der Waals surface area contributed by atoms with Gasteiger partial charge in [0.05, 0.1) is 11.4 Å². The van der Waals surface area contributed by atoms with Crippen molar-refractivity contribution in [3.63, 3.8) is 0 Å². The van der Waals surface area contributed by atoms with Crippen LogP contribution in [0.5, 0.6) is 0 Å². The maximum absolute atomic E-state index is 7.75. The third-order valence-electron chi connectivity index (χ3n) is 2.09. The number of hydrogen-bond acceptors (Lipinski definition) is 5. The Kier molecular flexibility index (Phi) is 23.6. The molecular formula is C15H21BrN2O3Re-. The van der Waals surface area contributed by atoms with Gasteiger partial charge in [-0.2, -0.15) is 0 Å². The maximum Gasteiger partial charge on any atom is -0.282 e. The summed E-state index contributed by atoms with van der Waals surface area (Å²) in [6, 6.07) is 8.06. The van der Waals surface area contributed by atoms with Gasteiger partial charge in [-0.05, 0) is 49.2 Å². The normalized spacial score (nSPS) is 7.45. The van der Waals surface area contributed by atoms with Crippen molar-refractivity contribution in [3.8, 4) is 11.4 Å². The number of aromatic nitrogens is 2. The van der Waals surface area contributed by atoms with Crippen LogP contribution < -0.4 is 0 Å². The van der Waals surface area contributed by atoms with E-state index in [2.05, 4.69) is 44.0 Å². The van der Waals surface area contributed by atoms with Gasteiger partial charge in [-0.1, -0.05) is 0 Å². The smallest absolute Gasteiger partial charge is 0.282 e. The van der Waals surface area contributed by atoms with E-state index >= 15 is 0 Å². The van der Waals surface area contributed by atoms with Gasteiger partial charge in [0.1, 0.15) is 0 Å². The van der Waals surface area contributed by atoms with Crippen LogP contribution in [0.1, 0.15) is 11.1 Å². The van der Waals surface area contributed by atoms with Crippen LogP contribution in [0.2, 0.25) is 0 Å². The summed E-state index contributed by atoms with van der Waals surface area (Å²) in [7, 11) is 2.00. The number of aliphatic hydroxyl groups excluding tert-OH is 2. The van der Waals surface area contributed by atoms with Crippen molar-refractivity contribution in [1.82, 2.24) is 9.97 Å². The average molecular weight is 543 g/mol. The molecule has 5 nitrogen and oxygen atoms in total. The monoisotopic (exact) mass is 543 g/mol. The molecule has 0 aliphatic heterocycles. The SMILES string of the molecule is CO.CO.Cc1ccnc(-c2cc(C)ccn2)c1.[Br][Re].[CH-]=O. The van der Waals surface area contributed by atoms with Gasteiger partial charge in [0.25, 0.3) is 0 Å². The number of halogens is 1. The fourth-order valence-corrected chi connectivity index (χ4v) is 1.35. The number of aryl methyl sites for hydroxylation is 2. The standard InChI is InChI=1S/C12H12N2.2CH4O.CHO.BrH.Re/c1-9-3-5-13-11(7-9)12-8-10(2)4-6-14-12;3*1-2;;/h3-8H,1-2H3;2*2H,1H3;1H;1H;/q;;;-1;;+1/p-1. The van der Waals surface area contributed by atoms with E-state index in [4.69, 9.17) is 15.0 Å². The Morgan fingerprint density at radius 2 is 1.14 bits per heavy atom. The first kappa shape index (κ1) is 26.0. The third-order valence-corrected chi connectivity index (χ3v) is 2.09. The molecule has 2 aromatic heterocycles. The van der Waals surface area contributed by atoms with Crippen LogP contribution in [-0.2, 0) is 22.0 Å². The molecule has 124 valence electrons. The molecule has 7 heteroatoms. The van der Waals surface area contributed by atoms with Gasteiger partial charge in [0, 0.05) is 26.6 Å². The van der Waals surface area contributed by atoms with Crippen LogP contribution in [0.25, 0.3) is 11.4 Å². The predicted molar refractivity (Wildman–Crippen MR) is 88.9 cm³/mol. The molecule has 0 aliphatic rings. The minimum atomic E-state index is 0.939. The molecule has 0 saturated heterocycles. The molecule has 0 fully saturated rings. The van der Waals surface area contributed by atoms with Gasteiger partial charge < -0.3 is 15.0 Å². The molecule has 2 N–H and O–H groups in total. The van der Waals surface area contributed by atoms with Gasteiger partial charge in [-0.3, -0.25) is 16.8 Å². The van der Waals surface area contributed by atoms with Gasteiger partial charge >= 0.3 is 30.6 Å². The summed E-state index contributed by atoms with van der Waals surface area (Å²) in [5.74, 6) is 0. The zero-order valence-electron chi connectivity index (χ0n) is 13.0. The van der Waals surface area contributed by atoms with Crippen LogP contribution >= 0.6 is 13.4 Å². The summed E-state index contributed by atoms with van der Waals surface area (Å²) in [5, 5.41) is 14.0. The minimum absolute atomic E-state index is 0.939. The molecule has 0 bridgehead atoms. The van der Waals surface area contributed by atoms with Crippen molar-refractivity contribution in [1.29, 1.82) is 0 Å². The molecule has 0 aromatic carbocycles. The van der Waals surface area contributed by atoms with E-state index in [0.29, 0.717) is 0 Å². The summed E-state index contributed by atoms with van der Waals surface area (Å²) in [4.78, 5) is 16.3. The number of rotatable bonds is 1. The Bertz CT molecular complexity index is 444. The van der Waals surface area contributed by atoms with Crippen molar-refractivity contribution in [2.24, 2.45) is 0 Å². The van der Waals surface area contributed by atoms with Crippen molar-refractivity contribution in [2.45, 2.75) is 13.8 Å². The first-order valence-corrected chi connectivity index (χ1v) is 11.8. The summed E-state index contributed by atoms with van der Waals surface area (Å²) in [6.45, 7) is 7.36. The maximum atomic E-state index is 7.75. The predicted octanol–water partition coefficient (Wildman–Crippen LogP) is 2.55. The zero-order valence-corrected chi connectivity index (χ0v) is 17.3. The summed E-state index contributed by atoms with van der Waals surface area (Å²) >= 11 is 4.53. The first-order valence-electron chi connectivity index (χ1n) is 5.89. The Balaban J connectivity index is -0.000000394. The molecule has 2 heterocycles. The van der Waals surface area contributed by atoms with Crippen LogP contribution in [0, 0.1) is 13.8 Å². The first-order chi connectivity index (χ1) is 10.8. The summed E-state index contributed by atoms with van der Waals surface area (Å²) in [6.07, 6.45) is 3.63. The molecule has 0 saturated carbocycles. The second kappa shape index (κ2) is 20.0. The number of pyridine rings is 2. The molecular weight excluding hydrogens is 522 g/mol. The van der Waals surface area contributed by atoms with Crippen molar-refractivity contribution >= 4 is 20.2 Å². The number of aliphatic hydroxyl groups is 2. The van der Waals surface area contributed by atoms with Gasteiger partial charge in [0.15, 0.2) is 0 Å². The second-order valence-electron chi connectivity index (χ2n) is 3.44. The van der Waals surface area contributed by atoms with E-state index < -0.39 is 0 Å². The van der Waals surface area contributed by atoms with Crippen molar-refractivity contribution < 1.29 is 32.2 Å². The van der Waals surface area contributed by atoms with Crippen LogP contribution in [0.3, 0.4) is 0 Å². The summed E-state index contributed by atoms with van der Waals surface area (Å²) in [5.41, 5.74) is 4.29. The van der Waals surface area contributed by atoms with Crippen LogP contribution in [-0.4, -0.2) is 41.2 Å². The molecule has 0 unspecified atom stereocenters. The molecule has 0 atom stereocenters. The number of nitrogens with zero attached hydrogens (tertiary/aromatic N) is 2. The molecule has 2 aromatic rings. The van der Waals surface area contributed by atoms with E-state index in [0.717, 1.165) is 25.6 Å². The molecule has 0 radical (unpaired) electrons. The topological polar surface area (TPSA) is 83.3 Å². The van der Waals surface area contributed by atoms with Crippen molar-refractivity contribution in [2.75, 3.05) is 14.2 Å². The molecule has 0 amide bonds. The fraction of sp³-hybridized carbons (Fsp3) is 0.267. The van der Waals surface area contributed by atoms with Crippen LogP contribution in [0.4, 0.5) is 0 Å². The van der Waals surface area contributed by atoms with Crippen LogP contribution in [0.15, 0.2) is 36.7 Å². The fourth-order valence-electron chi connectivity index (χ4n) is 1.35. The van der Waals surface area contributed by atoms with E-state index in [-0.39, 0.29) is 0 Å². The minimum Gasteiger partial charge on any atom is -0.545 e. The largest absolute Gasteiger partial charge is 0.545 e. The quantitative estimate of drug-likeness (QED) is 0.427. The molecule has 22 heavy (non-hydrogen) atoms. The van der Waals surface area contributed by atoms with Gasteiger partial charge in [-0.15, -0.1) is 0 Å². The Hall–Kier alpha value is -0.968. The van der Waals surface area contributed by atoms with E-state index in [1.165, 1.54) is 28.3 Å². The van der Waals surface area contributed by atoms with E-state index in [1.807, 2.05) is 36.7 Å². The Morgan fingerprint density at radius 3 is 1.36 bits per heavy atom. The molecule has 2 rings (SSSR count). The Labute approximate surface area is 149 Å². The van der Waals surface area contributed by atoms with E-state index in [9.17, 15) is 0 Å². The number of hydrogen-bond donors (Lipinski definition) is 2. The average Bonchev–Trinajstić information content (AvgIpc) is 2.62. The van der Waals surface area contributed by atoms with Gasteiger partial charge in [0.2, 0.25) is 0 Å². The van der Waals surface area contributed by atoms with Gasteiger partial charge in [-0.25, -0.2) is 0 Å². The van der Waals surface area contributed by atoms with E-state index in [1.54, 1.807) is 0 Å². The Morgan fingerprint density at radius 1 is 0.864 bits per heavy atom. The zero-order chi connectivity index (χ0) is 18.0. The summed E-state index contributed by atoms with van der Waals surface area (Å²) < 4.78 is 0. The number of carbonyl (C=O) groups excluding carboxylic acids is 1. The van der Waals surface area contributed by atoms with Crippen molar-refractivity contribution in [3.05, 3.63) is 47.8 Å². The second-order valence-corrected chi connectivity index (χ2v) is 3.44. The molecule has 0 spiro atoms. The molecule has 0 aliphatic carbocycles. The third kappa shape index (κ3) is 11.7.